The number of amides is 1. The van der Waals surface area contributed by atoms with E-state index in [1.807, 2.05) is 0 Å². The molecule has 0 unspecified atom stereocenters. The Morgan fingerprint density at radius 2 is 2.22 bits per heavy atom. The quantitative estimate of drug-likeness (QED) is 0.422. The van der Waals surface area contributed by atoms with Crippen molar-refractivity contribution in [1.29, 1.82) is 0 Å². The van der Waals surface area contributed by atoms with Crippen molar-refractivity contribution < 1.29 is 24.0 Å². The summed E-state index contributed by atoms with van der Waals surface area (Å²) >= 11 is 1.27. The van der Waals surface area contributed by atoms with Gasteiger partial charge in [0.05, 0.1) is 11.5 Å². The number of nitrogens with zero attached hydrogens (tertiary/aromatic N) is 3. The van der Waals surface area contributed by atoms with Crippen LogP contribution in [0, 0.1) is 10.1 Å². The Bertz CT molecular complexity index is 881. The molecule has 9 nitrogen and oxygen atoms in total. The predicted molar refractivity (Wildman–Crippen MR) is 96.9 cm³/mol. The molecule has 1 aromatic heterocycles. The summed E-state index contributed by atoms with van der Waals surface area (Å²) in [5, 5.41) is 13.1. The number of benzene rings is 1. The van der Waals surface area contributed by atoms with E-state index in [1.165, 1.54) is 35.5 Å². The highest BCUT2D eigenvalue weighted by molar-refractivity contribution is 7.09. The molecular weight excluding hydrogens is 374 g/mol. The minimum absolute atomic E-state index is 0.00938. The van der Waals surface area contributed by atoms with Crippen LogP contribution in [0.4, 0.5) is 11.4 Å². The first-order valence-electron chi connectivity index (χ1n) is 8.17. The molecule has 0 atom stereocenters. The monoisotopic (exact) mass is 391 g/mol. The highest BCUT2D eigenvalue weighted by Gasteiger charge is 2.25. The number of thiazole rings is 1. The summed E-state index contributed by atoms with van der Waals surface area (Å²) in [5.74, 6) is -1.06. The lowest BCUT2D eigenvalue weighted by atomic mass is 10.0. The Morgan fingerprint density at radius 1 is 1.41 bits per heavy atom. The average Bonchev–Trinajstić information content (AvgIpc) is 3.14. The fraction of sp³-hybridized carbons (Fsp3) is 0.353. The van der Waals surface area contributed by atoms with Crippen molar-refractivity contribution in [2.45, 2.75) is 19.4 Å². The van der Waals surface area contributed by atoms with Crippen LogP contribution in [0.15, 0.2) is 23.6 Å². The second-order valence-corrected chi connectivity index (χ2v) is 6.80. The first-order valence-corrected chi connectivity index (χ1v) is 9.05. The van der Waals surface area contributed by atoms with Gasteiger partial charge in [-0.25, -0.2) is 9.78 Å². The number of non-ortho nitro benzene ring substituents is 1. The zero-order chi connectivity index (χ0) is 19.4. The maximum Gasteiger partial charge on any atom is 0.358 e. The van der Waals surface area contributed by atoms with Crippen LogP contribution in [0.1, 0.15) is 27.5 Å². The van der Waals surface area contributed by atoms with Gasteiger partial charge in [0.15, 0.2) is 12.3 Å². The van der Waals surface area contributed by atoms with Gasteiger partial charge in [-0.2, -0.15) is 0 Å². The van der Waals surface area contributed by atoms with Gasteiger partial charge in [-0.3, -0.25) is 14.9 Å². The number of nitro benzene ring substituents is 1. The number of fused-ring (bicyclic) bond motifs is 1. The predicted octanol–water partition coefficient (Wildman–Crippen LogP) is 2.33. The molecule has 10 heteroatoms. The number of methoxy groups -OCH3 is 1. The molecule has 2 heterocycles. The first kappa shape index (κ1) is 18.9. The molecule has 0 saturated carbocycles. The van der Waals surface area contributed by atoms with Gasteiger partial charge in [-0.05, 0) is 24.5 Å². The molecule has 3 rings (SSSR count). The summed E-state index contributed by atoms with van der Waals surface area (Å²) in [6.45, 7) is 0.343. The summed E-state index contributed by atoms with van der Waals surface area (Å²) in [7, 11) is 1.53. The second-order valence-electron chi connectivity index (χ2n) is 5.85. The standard InChI is InChI=1S/C17H17N3O6S/c1-25-8-15-18-13(10-27-15)17(22)26-9-16(21)19-6-2-3-11-7-12(20(23)24)4-5-14(11)19/h4-5,7,10H,2-3,6,8-9H2,1H3. The van der Waals surface area contributed by atoms with E-state index in [9.17, 15) is 19.7 Å². The lowest BCUT2D eigenvalue weighted by molar-refractivity contribution is -0.384. The van der Waals surface area contributed by atoms with Gasteiger partial charge in [-0.1, -0.05) is 0 Å². The third-order valence-corrected chi connectivity index (χ3v) is 4.87. The number of nitro groups is 1. The lowest BCUT2D eigenvalue weighted by Gasteiger charge is -2.29. The summed E-state index contributed by atoms with van der Waals surface area (Å²) in [6.07, 6.45) is 1.34. The molecule has 1 aromatic carbocycles. The number of aromatic nitrogens is 1. The van der Waals surface area contributed by atoms with Crippen LogP contribution in [-0.2, 0) is 27.3 Å². The minimum Gasteiger partial charge on any atom is -0.451 e. The number of anilines is 1. The van der Waals surface area contributed by atoms with E-state index in [0.717, 1.165) is 5.56 Å². The molecule has 1 amide bonds. The van der Waals surface area contributed by atoms with Gasteiger partial charge in [-0.15, -0.1) is 11.3 Å². The molecule has 0 spiro atoms. The van der Waals surface area contributed by atoms with E-state index in [0.29, 0.717) is 36.7 Å². The van der Waals surface area contributed by atoms with Crippen molar-refractivity contribution in [2.75, 3.05) is 25.2 Å². The van der Waals surface area contributed by atoms with E-state index >= 15 is 0 Å². The van der Waals surface area contributed by atoms with Gasteiger partial charge < -0.3 is 14.4 Å². The molecule has 2 aromatic rings. The van der Waals surface area contributed by atoms with E-state index in [1.54, 1.807) is 11.4 Å². The highest BCUT2D eigenvalue weighted by atomic mass is 32.1. The number of aryl methyl sites for hydroxylation is 1. The number of ether oxygens (including phenoxy) is 2. The van der Waals surface area contributed by atoms with Gasteiger partial charge in [0, 0.05) is 36.9 Å². The van der Waals surface area contributed by atoms with Crippen LogP contribution in [0.25, 0.3) is 0 Å². The van der Waals surface area contributed by atoms with Crippen molar-refractivity contribution >= 4 is 34.6 Å². The minimum atomic E-state index is -0.678. The van der Waals surface area contributed by atoms with E-state index in [2.05, 4.69) is 4.98 Å². The molecule has 0 saturated heterocycles. The molecule has 0 N–H and O–H groups in total. The van der Waals surface area contributed by atoms with Gasteiger partial charge >= 0.3 is 5.97 Å². The Morgan fingerprint density at radius 3 is 2.96 bits per heavy atom. The largest absolute Gasteiger partial charge is 0.451 e. The molecule has 1 aliphatic rings. The van der Waals surface area contributed by atoms with Gasteiger partial charge in [0.2, 0.25) is 0 Å². The van der Waals surface area contributed by atoms with E-state index in [4.69, 9.17) is 9.47 Å². The van der Waals surface area contributed by atoms with E-state index < -0.39 is 17.5 Å². The van der Waals surface area contributed by atoms with Crippen molar-refractivity contribution in [2.24, 2.45) is 0 Å². The van der Waals surface area contributed by atoms with E-state index in [-0.39, 0.29) is 17.3 Å². The number of hydrogen-bond donors (Lipinski definition) is 0. The summed E-state index contributed by atoms with van der Waals surface area (Å²) in [6, 6.07) is 4.40. The maximum atomic E-state index is 12.5. The number of esters is 1. The number of carbonyl (C=O) groups excluding carboxylic acids is 2. The molecule has 142 valence electrons. The van der Waals surface area contributed by atoms with Gasteiger partial charge in [0.1, 0.15) is 5.01 Å². The number of hydrogen-bond acceptors (Lipinski definition) is 8. The fourth-order valence-corrected chi connectivity index (χ4v) is 3.56. The SMILES string of the molecule is COCc1nc(C(=O)OCC(=O)N2CCCc3cc([N+](=O)[O-])ccc32)cs1. The average molecular weight is 391 g/mol. The topological polar surface area (TPSA) is 112 Å². The second kappa shape index (κ2) is 8.23. The molecule has 0 aliphatic carbocycles. The molecule has 1 aliphatic heterocycles. The zero-order valence-electron chi connectivity index (χ0n) is 14.5. The molecule has 0 fully saturated rings. The Hall–Kier alpha value is -2.85. The van der Waals surface area contributed by atoms with Crippen molar-refractivity contribution in [3.05, 3.63) is 50.0 Å². The third kappa shape index (κ3) is 4.29. The van der Waals surface area contributed by atoms with Crippen molar-refractivity contribution in [1.82, 2.24) is 4.98 Å². The van der Waals surface area contributed by atoms with Crippen LogP contribution in [-0.4, -0.2) is 42.0 Å². The van der Waals surface area contributed by atoms with Crippen LogP contribution in [0.3, 0.4) is 0 Å². The molecule has 27 heavy (non-hydrogen) atoms. The summed E-state index contributed by atoms with van der Waals surface area (Å²) in [4.78, 5) is 40.6. The summed E-state index contributed by atoms with van der Waals surface area (Å²) < 4.78 is 10.0. The van der Waals surface area contributed by atoms with Crippen LogP contribution in [0.5, 0.6) is 0 Å². The fourth-order valence-electron chi connectivity index (χ4n) is 2.83. The normalized spacial score (nSPS) is 13.1. The van der Waals surface area contributed by atoms with Gasteiger partial charge in [0.25, 0.3) is 11.6 Å². The zero-order valence-corrected chi connectivity index (χ0v) is 15.4. The molecular formula is C17H17N3O6S. The lowest BCUT2D eigenvalue weighted by Crippen LogP contribution is -2.38. The summed E-state index contributed by atoms with van der Waals surface area (Å²) in [5.41, 5.74) is 1.47. The van der Waals surface area contributed by atoms with Crippen molar-refractivity contribution in [3.63, 3.8) is 0 Å². The highest BCUT2D eigenvalue weighted by Crippen LogP contribution is 2.30. The smallest absolute Gasteiger partial charge is 0.358 e. The molecule has 0 bridgehead atoms. The third-order valence-electron chi connectivity index (χ3n) is 4.05. The first-order chi connectivity index (χ1) is 13.0. The molecule has 0 radical (unpaired) electrons. The van der Waals surface area contributed by atoms with Crippen LogP contribution in [0.2, 0.25) is 0 Å². The van der Waals surface area contributed by atoms with Crippen LogP contribution >= 0.6 is 11.3 Å². The Labute approximate surface area is 158 Å². The maximum absolute atomic E-state index is 12.5. The Balaban J connectivity index is 1.65. The Kier molecular flexibility index (Phi) is 5.77. The number of rotatable bonds is 6. The van der Waals surface area contributed by atoms with Crippen molar-refractivity contribution in [3.8, 4) is 0 Å². The number of carbonyl (C=O) groups is 2. The van der Waals surface area contributed by atoms with Crippen LogP contribution < -0.4 is 4.90 Å².